The molecule has 32 atom stereocenters. The molecule has 0 aromatic carbocycles. The summed E-state index contributed by atoms with van der Waals surface area (Å²) in [6, 6.07) is 4.48. The summed E-state index contributed by atoms with van der Waals surface area (Å²) < 4.78 is 19.2. The zero-order chi connectivity index (χ0) is 80.6. The molecule has 18 nitrogen and oxygen atoms in total. The Morgan fingerprint density at radius 2 is 0.957 bits per heavy atom. The molecule has 638 valence electrons. The van der Waals surface area contributed by atoms with Crippen molar-refractivity contribution in [2.75, 3.05) is 6.61 Å². The fraction of sp³-hybridized carbons (Fsp3) is 0.887. The van der Waals surface area contributed by atoms with E-state index in [1.165, 1.54) is 183 Å². The Labute approximate surface area is 689 Å². The quantitative estimate of drug-likeness (QED) is 0.0971. The van der Waals surface area contributed by atoms with Crippen LogP contribution in [0.1, 0.15) is 349 Å². The van der Waals surface area contributed by atoms with Crippen molar-refractivity contribution < 1.29 is 43.8 Å². The largest absolute Gasteiger partial charge is 0.393 e. The lowest BCUT2D eigenvalue weighted by atomic mass is 9.44. The molecule has 0 saturated heterocycles. The third kappa shape index (κ3) is 15.2. The number of nitrogens with zero attached hydrogens (tertiary/aromatic N) is 9. The second-order valence-corrected chi connectivity index (χ2v) is 45.2. The summed E-state index contributed by atoms with van der Waals surface area (Å²) in [4.78, 5) is 31.8. The van der Waals surface area contributed by atoms with Crippen LogP contribution >= 0.6 is 0 Å². The number of rotatable bonds is 13. The van der Waals surface area contributed by atoms with Crippen molar-refractivity contribution in [1.29, 1.82) is 0 Å². The standard InChI is InChI=1S/C26H41N3O3.C25H39NO2.C24H37NO2.C22H34N4O2/c1-17(2)32-14-26-11-8-19(30)12-18(26)4-5-20-21-6-7-23(25(21,3)10-9-22(20)26)24(31)13-29-16-27-15-28-29;1-5-17-14-22(26-28-17)21-9-8-19-18-7-6-16-15-23(2,27)12-13-24(16,3)20(18)10-11-25(19,21)4;1-4-16-13-22(25-27-16)21-8-7-20-19-6-5-15-14-23(2,26)11-9-17(15)18(19)10-12-24(20,21)3;1-21(28)9-7-15-14(11-21)3-4-17-16(15)8-10-22(2)18(17)5-6-19(22)20(27)12-26-24-13-23-25-26/h15-23,30H,4-14H2,1-3H3;14,16,18-21,27H,5-13,15H2,1-4H3;13,15,17-21,26H,4-12,14H2,1-3H3;13-19,28H,3-12H2,1-2H3/t18-,19-,20+,21+,22+,23-,25+,26-;16-,18-,19-,20-,21+,23+,24-,25-;15-,17+,18-,19-,20+,21-,23-,24+;14-,15-,16+,17+,18-,19+,21+,22-/m1010/s1. The second-order valence-electron chi connectivity index (χ2n) is 45.2. The number of aromatic nitrogens is 9. The van der Waals surface area contributed by atoms with Crippen LogP contribution in [0.5, 0.6) is 0 Å². The number of hydrogen-bond acceptors (Lipinski definition) is 16. The Morgan fingerprint density at radius 3 is 1.51 bits per heavy atom. The van der Waals surface area contributed by atoms with Gasteiger partial charge in [0.1, 0.15) is 37.3 Å². The van der Waals surface area contributed by atoms with Crippen LogP contribution in [0.25, 0.3) is 0 Å². The maximum atomic E-state index is 13.3. The van der Waals surface area contributed by atoms with Crippen molar-refractivity contribution in [3.63, 3.8) is 0 Å². The molecule has 20 rings (SSSR count). The molecule has 0 unspecified atom stereocenters. The summed E-state index contributed by atoms with van der Waals surface area (Å²) in [5, 5.41) is 67.0. The van der Waals surface area contributed by atoms with E-state index < -0.39 is 16.8 Å². The summed E-state index contributed by atoms with van der Waals surface area (Å²) in [7, 11) is 0. The fourth-order valence-corrected chi connectivity index (χ4v) is 33.7. The number of carbonyl (C=O) groups is 2. The topological polar surface area (TPSA) is 251 Å². The minimum absolute atomic E-state index is 0.111. The molecule has 16 fully saturated rings. The molecular weight excluding hydrogens is 1440 g/mol. The van der Waals surface area contributed by atoms with Crippen molar-refractivity contribution in [1.82, 2.24) is 45.3 Å². The SMILES string of the molecule is CC(C)OC[C@]12CC[C@@H](O)C[C@H]1CC[C@H]1[C@@H]3CC[C@H](C(=O)Cn4cncn4)[C@@]3(C)CC[C@@H]12.CCc1cc([C@H]2CC[C@H]3[C@@H]4CC[C@@H]5C[C@](C)(O)CC[C@@H]5[C@H]4CC[C@]23C)no1.CCc1cc([C@H]2CC[C@H]3[C@@H]4CC[C@H]5C[C@](C)(O)CC[C@]5(C)[C@H]4CC[C@]23C)no1.C[C@@]1(O)CC[C@H]2[C@@H](CC[C@@H]3[C@@H]2CC[C@]2(C)[C@@H](C(=O)Cn4ncnn4)CC[C@@H]32)C1. The van der Waals surface area contributed by atoms with Gasteiger partial charge in [0.05, 0.1) is 47.0 Å². The van der Waals surface area contributed by atoms with Gasteiger partial charge >= 0.3 is 0 Å². The molecule has 4 N–H and O–H groups in total. The van der Waals surface area contributed by atoms with Crippen LogP contribution in [0.3, 0.4) is 0 Å². The number of ketones is 2. The number of aliphatic hydroxyl groups excluding tert-OH is 1. The van der Waals surface area contributed by atoms with E-state index in [0.717, 1.165) is 179 Å². The van der Waals surface area contributed by atoms with Gasteiger partial charge in [-0.1, -0.05) is 58.8 Å². The predicted molar refractivity (Wildman–Crippen MR) is 443 cm³/mol. The molecule has 0 aliphatic heterocycles. The lowest BCUT2D eigenvalue weighted by Crippen LogP contribution is -2.57. The van der Waals surface area contributed by atoms with Crippen LogP contribution in [0, 0.1) is 151 Å². The monoisotopic (exact) mass is 1590 g/mol. The van der Waals surface area contributed by atoms with Gasteiger partial charge in [-0.25, -0.2) is 9.67 Å². The van der Waals surface area contributed by atoms with Gasteiger partial charge < -0.3 is 34.2 Å². The molecule has 4 aromatic heterocycles. The van der Waals surface area contributed by atoms with Gasteiger partial charge in [0.2, 0.25) is 0 Å². The average molecular weight is 1590 g/mol. The van der Waals surface area contributed by atoms with E-state index in [0.29, 0.717) is 81.7 Å². The van der Waals surface area contributed by atoms with Gasteiger partial charge in [-0.3, -0.25) is 9.59 Å². The molecule has 16 aliphatic carbocycles. The number of hydrogen-bond donors (Lipinski definition) is 4. The Bertz CT molecular complexity index is 3980. The van der Waals surface area contributed by atoms with Crippen molar-refractivity contribution in [3.05, 3.63) is 54.0 Å². The van der Waals surface area contributed by atoms with Crippen molar-refractivity contribution in [3.8, 4) is 0 Å². The highest BCUT2D eigenvalue weighted by molar-refractivity contribution is 5.82. The Balaban J connectivity index is 0.000000111. The lowest BCUT2D eigenvalue weighted by Gasteiger charge is -2.61. The molecule has 0 amide bonds. The van der Waals surface area contributed by atoms with E-state index in [9.17, 15) is 30.0 Å². The first kappa shape index (κ1) is 83.1. The maximum absolute atomic E-state index is 13.3. The van der Waals surface area contributed by atoms with Gasteiger partial charge in [-0.15, -0.1) is 10.2 Å². The molecular formula is C97H151N9O9. The molecule has 4 aromatic rings. The third-order valence-electron chi connectivity index (χ3n) is 39.3. The maximum Gasteiger partial charge on any atom is 0.162 e. The van der Waals surface area contributed by atoms with E-state index >= 15 is 0 Å². The Morgan fingerprint density at radius 1 is 0.470 bits per heavy atom. The summed E-state index contributed by atoms with van der Waals surface area (Å²) in [5.41, 5.74) is 2.92. The van der Waals surface area contributed by atoms with Gasteiger partial charge in [0.25, 0.3) is 0 Å². The fourth-order valence-electron chi connectivity index (χ4n) is 33.7. The number of fused-ring (bicyclic) bond motifs is 20. The molecule has 115 heavy (non-hydrogen) atoms. The first-order valence-electron chi connectivity index (χ1n) is 47.8. The van der Waals surface area contributed by atoms with Crippen LogP contribution in [0.15, 0.2) is 40.2 Å². The van der Waals surface area contributed by atoms with E-state index in [-0.39, 0.29) is 46.8 Å². The summed E-state index contributed by atoms with van der Waals surface area (Å²) in [5.74, 6) is 18.2. The van der Waals surface area contributed by atoms with Crippen LogP contribution in [-0.2, 0) is 40.3 Å². The summed E-state index contributed by atoms with van der Waals surface area (Å²) >= 11 is 0. The van der Waals surface area contributed by atoms with E-state index in [2.05, 4.69) is 124 Å². The van der Waals surface area contributed by atoms with Crippen LogP contribution < -0.4 is 0 Å². The normalized spacial score (nSPS) is 47.7. The summed E-state index contributed by atoms with van der Waals surface area (Å²) in [6.45, 7) is 28.8. The number of ether oxygens (including phenoxy) is 1. The molecule has 18 heteroatoms. The van der Waals surface area contributed by atoms with Gasteiger partial charge in [-0.2, -0.15) is 9.90 Å². The minimum Gasteiger partial charge on any atom is -0.393 e. The zero-order valence-corrected chi connectivity index (χ0v) is 73.1. The van der Waals surface area contributed by atoms with E-state index in [1.54, 1.807) is 11.0 Å². The first-order chi connectivity index (χ1) is 54.9. The molecule has 0 spiro atoms. The highest BCUT2D eigenvalue weighted by atomic mass is 16.5. The van der Waals surface area contributed by atoms with Crippen molar-refractivity contribution in [2.45, 2.75) is 381 Å². The molecule has 16 saturated carbocycles. The Hall–Kier alpha value is -4.23. The van der Waals surface area contributed by atoms with Crippen molar-refractivity contribution in [2.24, 2.45) is 151 Å². The molecule has 0 bridgehead atoms. The third-order valence-corrected chi connectivity index (χ3v) is 39.3. The first-order valence-corrected chi connectivity index (χ1v) is 47.8. The van der Waals surface area contributed by atoms with Gasteiger partial charge in [0.15, 0.2) is 17.9 Å². The van der Waals surface area contributed by atoms with Gasteiger partial charge in [-0.05, 0) is 410 Å². The molecule has 0 radical (unpaired) electrons. The minimum atomic E-state index is -0.447. The van der Waals surface area contributed by atoms with Crippen LogP contribution in [0.4, 0.5) is 0 Å². The number of aliphatic hydroxyl groups is 4. The molecule has 4 heterocycles. The number of aryl methyl sites for hydroxylation is 2. The van der Waals surface area contributed by atoms with E-state index in [1.807, 2.05) is 6.92 Å². The number of carbonyl (C=O) groups excluding carboxylic acids is 2. The summed E-state index contributed by atoms with van der Waals surface area (Å²) in [6.07, 6.45) is 49.8. The van der Waals surface area contributed by atoms with Crippen LogP contribution in [0.2, 0.25) is 0 Å². The van der Waals surface area contributed by atoms with Gasteiger partial charge in [0, 0.05) is 48.6 Å². The predicted octanol–water partition coefficient (Wildman–Crippen LogP) is 19.4. The second kappa shape index (κ2) is 31.9. The highest BCUT2D eigenvalue weighted by Gasteiger charge is 2.66. The van der Waals surface area contributed by atoms with Crippen molar-refractivity contribution >= 4 is 11.6 Å². The highest BCUT2D eigenvalue weighted by Crippen LogP contribution is 2.73. The van der Waals surface area contributed by atoms with E-state index in [4.69, 9.17) is 13.8 Å². The Kier molecular flexibility index (Phi) is 23.0. The number of Topliss-reactive ketones (excluding diaryl/α,β-unsaturated/α-hetero) is 2. The lowest BCUT2D eigenvalue weighted by molar-refractivity contribution is -0.170. The molecule has 16 aliphatic rings. The zero-order valence-electron chi connectivity index (χ0n) is 73.1. The number of tetrazole rings is 1. The average Bonchev–Trinajstić information content (AvgIpc) is 1.65. The van der Waals surface area contributed by atoms with Crippen LogP contribution in [-0.4, -0.2) is 113 Å². The smallest absolute Gasteiger partial charge is 0.162 e.